The highest BCUT2D eigenvalue weighted by molar-refractivity contribution is 5.45. The van der Waals surface area contributed by atoms with Gasteiger partial charge in [-0.05, 0) is 42.7 Å². The molecule has 2 heterocycles. The molecule has 1 saturated heterocycles. The first-order valence-electron chi connectivity index (χ1n) is 7.80. The molecular formula is C17H28N2O. The topological polar surface area (TPSA) is 36.4 Å². The second kappa shape index (κ2) is 6.13. The summed E-state index contributed by atoms with van der Waals surface area (Å²) in [6.45, 7) is 11.2. The number of hydrogen-bond acceptors (Lipinski definition) is 3. The van der Waals surface area contributed by atoms with Crippen molar-refractivity contribution in [3.63, 3.8) is 0 Å². The number of piperidine rings is 1. The van der Waals surface area contributed by atoms with Crippen molar-refractivity contribution < 1.29 is 5.11 Å². The first-order valence-corrected chi connectivity index (χ1v) is 7.80. The highest BCUT2D eigenvalue weighted by Gasteiger charge is 2.28. The van der Waals surface area contributed by atoms with E-state index in [4.69, 9.17) is 0 Å². The lowest BCUT2D eigenvalue weighted by atomic mass is 9.75. The summed E-state index contributed by atoms with van der Waals surface area (Å²) in [6.07, 6.45) is 4.69. The summed E-state index contributed by atoms with van der Waals surface area (Å²) in [7, 11) is 0. The van der Waals surface area contributed by atoms with Gasteiger partial charge in [-0.1, -0.05) is 27.7 Å². The molecule has 0 saturated carbocycles. The first kappa shape index (κ1) is 15.3. The summed E-state index contributed by atoms with van der Waals surface area (Å²) in [4.78, 5) is 6.81. The van der Waals surface area contributed by atoms with Gasteiger partial charge in [-0.2, -0.15) is 0 Å². The molecular weight excluding hydrogens is 248 g/mol. The van der Waals surface area contributed by atoms with Crippen LogP contribution in [-0.4, -0.2) is 23.2 Å². The Balaban J connectivity index is 1.97. The molecule has 0 amide bonds. The quantitative estimate of drug-likeness (QED) is 0.912. The number of pyridine rings is 1. The van der Waals surface area contributed by atoms with Crippen molar-refractivity contribution in [2.45, 2.75) is 53.1 Å². The molecule has 1 aliphatic heterocycles. The zero-order valence-electron chi connectivity index (χ0n) is 13.3. The van der Waals surface area contributed by atoms with Crippen molar-refractivity contribution in [2.24, 2.45) is 11.3 Å². The van der Waals surface area contributed by atoms with Gasteiger partial charge in [0.1, 0.15) is 0 Å². The lowest BCUT2D eigenvalue weighted by Crippen LogP contribution is -2.38. The van der Waals surface area contributed by atoms with Crippen LogP contribution in [0.3, 0.4) is 0 Å². The molecule has 1 N–H and O–H groups in total. The number of nitrogens with zero attached hydrogens (tertiary/aromatic N) is 2. The number of rotatable bonds is 3. The maximum absolute atomic E-state index is 9.78. The van der Waals surface area contributed by atoms with Gasteiger partial charge >= 0.3 is 0 Å². The van der Waals surface area contributed by atoms with E-state index in [-0.39, 0.29) is 0 Å². The maximum Gasteiger partial charge on any atom is 0.0957 e. The molecule has 1 aromatic rings. The molecule has 2 rings (SSSR count). The second-order valence-corrected chi connectivity index (χ2v) is 6.99. The normalized spacial score (nSPS) is 19.1. The highest BCUT2D eigenvalue weighted by Crippen LogP contribution is 2.35. The van der Waals surface area contributed by atoms with Gasteiger partial charge in [0.2, 0.25) is 0 Å². The minimum atomic E-state index is -0.435. The van der Waals surface area contributed by atoms with Crippen LogP contribution in [0.2, 0.25) is 0 Å². The molecule has 0 aliphatic carbocycles. The molecule has 3 heteroatoms. The third-order valence-corrected chi connectivity index (χ3v) is 4.58. The van der Waals surface area contributed by atoms with Crippen LogP contribution in [0.15, 0.2) is 18.3 Å². The summed E-state index contributed by atoms with van der Waals surface area (Å²) in [6, 6.07) is 4.05. The van der Waals surface area contributed by atoms with E-state index in [1.807, 2.05) is 19.2 Å². The van der Waals surface area contributed by atoms with E-state index in [9.17, 15) is 5.11 Å². The number of anilines is 1. The Bertz CT molecular complexity index is 414. The standard InChI is InChI=1S/C17H28N2O/c1-5-16(20)15-7-6-14(12-18-15)19-10-8-13(9-11-19)17(2,3)4/h6-7,12-13,16,20H,5,8-11H2,1-4H3/t16-/m0/s1. The fourth-order valence-corrected chi connectivity index (χ4v) is 2.99. The lowest BCUT2D eigenvalue weighted by molar-refractivity contribution is 0.169. The van der Waals surface area contributed by atoms with Crippen LogP contribution < -0.4 is 4.90 Å². The van der Waals surface area contributed by atoms with E-state index in [0.717, 1.165) is 24.7 Å². The monoisotopic (exact) mass is 276 g/mol. The molecule has 0 radical (unpaired) electrons. The highest BCUT2D eigenvalue weighted by atomic mass is 16.3. The SMILES string of the molecule is CC[C@H](O)c1ccc(N2CCC(C(C)(C)C)CC2)cn1. The van der Waals surface area contributed by atoms with Crippen molar-refractivity contribution in [1.82, 2.24) is 4.98 Å². The number of hydrogen-bond donors (Lipinski definition) is 1. The first-order chi connectivity index (χ1) is 9.41. The van der Waals surface area contributed by atoms with Crippen LogP contribution in [0.25, 0.3) is 0 Å². The molecule has 1 fully saturated rings. The van der Waals surface area contributed by atoms with E-state index in [1.54, 1.807) is 0 Å². The smallest absolute Gasteiger partial charge is 0.0957 e. The molecule has 1 aliphatic rings. The van der Waals surface area contributed by atoms with Crippen molar-refractivity contribution in [1.29, 1.82) is 0 Å². The largest absolute Gasteiger partial charge is 0.387 e. The number of aliphatic hydroxyl groups is 1. The third kappa shape index (κ3) is 3.51. The zero-order valence-corrected chi connectivity index (χ0v) is 13.3. The molecule has 20 heavy (non-hydrogen) atoms. The Hall–Kier alpha value is -1.09. The fourth-order valence-electron chi connectivity index (χ4n) is 2.99. The lowest BCUT2D eigenvalue weighted by Gasteiger charge is -2.39. The van der Waals surface area contributed by atoms with Gasteiger partial charge in [-0.3, -0.25) is 4.98 Å². The zero-order chi connectivity index (χ0) is 14.8. The summed E-state index contributed by atoms with van der Waals surface area (Å²) < 4.78 is 0. The van der Waals surface area contributed by atoms with Gasteiger partial charge in [0.05, 0.1) is 23.7 Å². The molecule has 112 valence electrons. The number of aromatic nitrogens is 1. The number of aliphatic hydroxyl groups excluding tert-OH is 1. The van der Waals surface area contributed by atoms with Crippen LogP contribution in [0.5, 0.6) is 0 Å². The predicted octanol–water partition coefficient (Wildman–Crippen LogP) is 3.79. The van der Waals surface area contributed by atoms with Crippen molar-refractivity contribution >= 4 is 5.69 Å². The Kier molecular flexibility index (Phi) is 4.69. The average Bonchev–Trinajstić information content (AvgIpc) is 2.46. The van der Waals surface area contributed by atoms with Gasteiger partial charge in [-0.15, -0.1) is 0 Å². The van der Waals surface area contributed by atoms with E-state index in [2.05, 4.69) is 36.7 Å². The van der Waals surface area contributed by atoms with Gasteiger partial charge in [0, 0.05) is 13.1 Å². The van der Waals surface area contributed by atoms with Gasteiger partial charge < -0.3 is 10.0 Å². The van der Waals surface area contributed by atoms with E-state index in [0.29, 0.717) is 11.8 Å². The molecule has 3 nitrogen and oxygen atoms in total. The van der Waals surface area contributed by atoms with Crippen molar-refractivity contribution in [2.75, 3.05) is 18.0 Å². The molecule has 1 aromatic heterocycles. The van der Waals surface area contributed by atoms with Crippen LogP contribution in [-0.2, 0) is 0 Å². The fraction of sp³-hybridized carbons (Fsp3) is 0.706. The summed E-state index contributed by atoms with van der Waals surface area (Å²) in [5.41, 5.74) is 2.38. The van der Waals surface area contributed by atoms with Gasteiger partial charge in [0.25, 0.3) is 0 Å². The van der Waals surface area contributed by atoms with Crippen LogP contribution in [0.1, 0.15) is 58.8 Å². The summed E-state index contributed by atoms with van der Waals surface area (Å²) in [5, 5.41) is 9.78. The van der Waals surface area contributed by atoms with Gasteiger partial charge in [0.15, 0.2) is 0 Å². The molecule has 0 aromatic carbocycles. The van der Waals surface area contributed by atoms with E-state index < -0.39 is 6.10 Å². The summed E-state index contributed by atoms with van der Waals surface area (Å²) in [5.74, 6) is 0.813. The maximum atomic E-state index is 9.78. The van der Waals surface area contributed by atoms with Crippen LogP contribution in [0, 0.1) is 11.3 Å². The Morgan fingerprint density at radius 1 is 1.30 bits per heavy atom. The average molecular weight is 276 g/mol. The predicted molar refractivity (Wildman–Crippen MR) is 83.9 cm³/mol. The minimum Gasteiger partial charge on any atom is -0.387 e. The Morgan fingerprint density at radius 3 is 2.40 bits per heavy atom. The Labute approximate surface area is 123 Å². The molecule has 1 atom stereocenters. The van der Waals surface area contributed by atoms with E-state index in [1.165, 1.54) is 18.5 Å². The van der Waals surface area contributed by atoms with Gasteiger partial charge in [-0.25, -0.2) is 0 Å². The third-order valence-electron chi connectivity index (χ3n) is 4.58. The second-order valence-electron chi connectivity index (χ2n) is 6.99. The summed E-state index contributed by atoms with van der Waals surface area (Å²) >= 11 is 0. The van der Waals surface area contributed by atoms with Crippen molar-refractivity contribution in [3.8, 4) is 0 Å². The van der Waals surface area contributed by atoms with Crippen molar-refractivity contribution in [3.05, 3.63) is 24.0 Å². The van der Waals surface area contributed by atoms with Crippen LogP contribution in [0.4, 0.5) is 5.69 Å². The van der Waals surface area contributed by atoms with E-state index >= 15 is 0 Å². The van der Waals surface area contributed by atoms with Crippen LogP contribution >= 0.6 is 0 Å². The molecule has 0 spiro atoms. The molecule has 0 bridgehead atoms. The minimum absolute atomic E-state index is 0.416. The Morgan fingerprint density at radius 2 is 1.95 bits per heavy atom. The molecule has 0 unspecified atom stereocenters.